The van der Waals surface area contributed by atoms with Crippen LogP contribution in [0.25, 0.3) is 0 Å². The van der Waals surface area contributed by atoms with Gasteiger partial charge in [0.2, 0.25) is 0 Å². The van der Waals surface area contributed by atoms with Crippen molar-refractivity contribution in [3.05, 3.63) is 61.2 Å². The number of rotatable bonds is 6. The second-order valence-corrected chi connectivity index (χ2v) is 7.43. The smallest absolute Gasteiger partial charge is 0.0976 e. The summed E-state index contributed by atoms with van der Waals surface area (Å²) < 4.78 is 15.2. The molecule has 0 bridgehead atoms. The lowest BCUT2D eigenvalue weighted by atomic mass is 9.94. The van der Waals surface area contributed by atoms with Crippen LogP contribution in [-0.4, -0.2) is 8.96 Å². The monoisotopic (exact) mass is 277 g/mol. The van der Waals surface area contributed by atoms with Gasteiger partial charge in [-0.1, -0.05) is 42.5 Å². The molecule has 0 aliphatic heterocycles. The Labute approximate surface area is 119 Å². The second-order valence-electron chi connectivity index (χ2n) is 5.44. The topological polar surface area (TPSA) is 29.1 Å². The SMILES string of the molecule is C=CC(C=C)[C@H](NS(=O)C(C)(C)C)c1ccccc1. The fraction of sp³-hybridized carbons (Fsp3) is 0.375. The predicted octanol–water partition coefficient (Wildman–Crippen LogP) is 3.77. The molecular weight excluding hydrogens is 254 g/mol. The van der Waals surface area contributed by atoms with E-state index in [-0.39, 0.29) is 16.7 Å². The quantitative estimate of drug-likeness (QED) is 0.788. The average Bonchev–Trinajstić information content (AvgIpc) is 2.38. The third-order valence-corrected chi connectivity index (χ3v) is 4.46. The Hall–Kier alpha value is -1.19. The highest BCUT2D eigenvalue weighted by Gasteiger charge is 2.26. The van der Waals surface area contributed by atoms with Crippen LogP contribution in [0.4, 0.5) is 0 Å². The summed E-state index contributed by atoms with van der Waals surface area (Å²) in [4.78, 5) is 0. The molecule has 19 heavy (non-hydrogen) atoms. The molecule has 0 amide bonds. The Morgan fingerprint density at radius 2 is 1.68 bits per heavy atom. The highest BCUT2D eigenvalue weighted by Crippen LogP contribution is 2.26. The van der Waals surface area contributed by atoms with Crippen molar-refractivity contribution in [3.63, 3.8) is 0 Å². The van der Waals surface area contributed by atoms with Crippen molar-refractivity contribution < 1.29 is 4.21 Å². The lowest BCUT2D eigenvalue weighted by Gasteiger charge is -2.27. The Morgan fingerprint density at radius 3 is 2.11 bits per heavy atom. The van der Waals surface area contributed by atoms with Crippen LogP contribution >= 0.6 is 0 Å². The first-order chi connectivity index (χ1) is 8.90. The third-order valence-electron chi connectivity index (χ3n) is 2.88. The van der Waals surface area contributed by atoms with E-state index in [1.165, 1.54) is 0 Å². The first kappa shape index (κ1) is 15.9. The molecule has 0 aliphatic rings. The van der Waals surface area contributed by atoms with Crippen molar-refractivity contribution in [1.29, 1.82) is 0 Å². The minimum Gasteiger partial charge on any atom is -0.242 e. The van der Waals surface area contributed by atoms with E-state index in [2.05, 4.69) is 17.9 Å². The Kier molecular flexibility index (Phi) is 5.70. The van der Waals surface area contributed by atoms with E-state index in [9.17, 15) is 4.21 Å². The molecule has 1 unspecified atom stereocenters. The molecule has 2 nitrogen and oxygen atoms in total. The number of hydrogen-bond acceptors (Lipinski definition) is 1. The molecule has 0 fully saturated rings. The average molecular weight is 277 g/mol. The van der Waals surface area contributed by atoms with E-state index >= 15 is 0 Å². The van der Waals surface area contributed by atoms with Crippen LogP contribution in [0, 0.1) is 5.92 Å². The molecule has 104 valence electrons. The Morgan fingerprint density at radius 1 is 1.16 bits per heavy atom. The van der Waals surface area contributed by atoms with Crippen molar-refractivity contribution in [3.8, 4) is 0 Å². The van der Waals surface area contributed by atoms with Gasteiger partial charge < -0.3 is 0 Å². The summed E-state index contributed by atoms with van der Waals surface area (Å²) >= 11 is 0. The molecule has 1 aromatic carbocycles. The summed E-state index contributed by atoms with van der Waals surface area (Å²) in [7, 11) is -1.14. The zero-order chi connectivity index (χ0) is 14.5. The normalized spacial score (nSPS) is 14.9. The summed E-state index contributed by atoms with van der Waals surface area (Å²) in [6.07, 6.45) is 3.66. The van der Waals surface area contributed by atoms with Gasteiger partial charge in [0.15, 0.2) is 0 Å². The molecule has 3 heteroatoms. The summed E-state index contributed by atoms with van der Waals surface area (Å²) in [5.41, 5.74) is 1.09. The molecule has 0 spiro atoms. The maximum atomic E-state index is 12.3. The fourth-order valence-corrected chi connectivity index (χ4v) is 2.57. The molecular formula is C16H23NOS. The standard InChI is InChI=1S/C16H23NOS/c1-6-13(7-2)15(14-11-9-8-10-12-14)17-19(18)16(3,4)5/h6-13,15,17H,1-2H2,3-5H3/t15-,19?/m0/s1. The molecule has 0 aromatic heterocycles. The van der Waals surface area contributed by atoms with Crippen molar-refractivity contribution in [2.45, 2.75) is 31.6 Å². The van der Waals surface area contributed by atoms with E-state index in [4.69, 9.17) is 0 Å². The second kappa shape index (κ2) is 6.83. The maximum Gasteiger partial charge on any atom is 0.0976 e. The van der Waals surface area contributed by atoms with E-state index in [1.54, 1.807) is 0 Å². The zero-order valence-electron chi connectivity index (χ0n) is 11.9. The minimum atomic E-state index is -1.14. The molecule has 0 aliphatic carbocycles. The number of nitrogens with one attached hydrogen (secondary N) is 1. The van der Waals surface area contributed by atoms with Gasteiger partial charge in [-0.25, -0.2) is 8.93 Å². The van der Waals surface area contributed by atoms with Gasteiger partial charge in [-0.3, -0.25) is 0 Å². The minimum absolute atomic E-state index is 0.0358. The van der Waals surface area contributed by atoms with Gasteiger partial charge in [0.05, 0.1) is 21.8 Å². The van der Waals surface area contributed by atoms with E-state index in [1.807, 2.05) is 63.3 Å². The van der Waals surface area contributed by atoms with Crippen molar-refractivity contribution in [2.24, 2.45) is 5.92 Å². The van der Waals surface area contributed by atoms with Crippen molar-refractivity contribution in [2.75, 3.05) is 0 Å². The summed E-state index contributed by atoms with van der Waals surface area (Å²) in [6, 6.07) is 9.91. The number of hydrogen-bond donors (Lipinski definition) is 1. The van der Waals surface area contributed by atoms with Crippen LogP contribution in [0.3, 0.4) is 0 Å². The summed E-state index contributed by atoms with van der Waals surface area (Å²) in [5.74, 6) is 0.0358. The van der Waals surface area contributed by atoms with Gasteiger partial charge in [0.1, 0.15) is 0 Å². The highest BCUT2D eigenvalue weighted by atomic mass is 32.2. The van der Waals surface area contributed by atoms with Gasteiger partial charge in [-0.05, 0) is 26.3 Å². The van der Waals surface area contributed by atoms with Crippen molar-refractivity contribution in [1.82, 2.24) is 4.72 Å². The van der Waals surface area contributed by atoms with Gasteiger partial charge in [0, 0.05) is 5.92 Å². The maximum absolute atomic E-state index is 12.3. The molecule has 1 aromatic rings. The first-order valence-electron chi connectivity index (χ1n) is 6.38. The third kappa shape index (κ3) is 4.44. The van der Waals surface area contributed by atoms with Gasteiger partial charge >= 0.3 is 0 Å². The van der Waals surface area contributed by atoms with Crippen LogP contribution in [0.1, 0.15) is 32.4 Å². The number of benzene rings is 1. The summed E-state index contributed by atoms with van der Waals surface area (Å²) in [6.45, 7) is 13.5. The van der Waals surface area contributed by atoms with Crippen LogP contribution in [0.5, 0.6) is 0 Å². The van der Waals surface area contributed by atoms with E-state index in [0.29, 0.717) is 0 Å². The van der Waals surface area contributed by atoms with Gasteiger partial charge in [-0.15, -0.1) is 13.2 Å². The largest absolute Gasteiger partial charge is 0.242 e. The lowest BCUT2D eigenvalue weighted by Crippen LogP contribution is -2.37. The van der Waals surface area contributed by atoms with Gasteiger partial charge in [0.25, 0.3) is 0 Å². The molecule has 1 rings (SSSR count). The Bertz CT molecular complexity index is 440. The van der Waals surface area contributed by atoms with Crippen LogP contribution in [0.15, 0.2) is 55.6 Å². The van der Waals surface area contributed by atoms with Crippen LogP contribution in [0.2, 0.25) is 0 Å². The van der Waals surface area contributed by atoms with Crippen LogP contribution < -0.4 is 4.72 Å². The van der Waals surface area contributed by atoms with Crippen LogP contribution in [-0.2, 0) is 11.0 Å². The molecule has 0 saturated carbocycles. The highest BCUT2D eigenvalue weighted by molar-refractivity contribution is 7.84. The fourth-order valence-electron chi connectivity index (χ4n) is 1.69. The first-order valence-corrected chi connectivity index (χ1v) is 7.53. The van der Waals surface area contributed by atoms with Gasteiger partial charge in [-0.2, -0.15) is 0 Å². The molecule has 0 heterocycles. The molecule has 2 atom stereocenters. The van der Waals surface area contributed by atoms with E-state index in [0.717, 1.165) is 5.56 Å². The summed E-state index contributed by atoms with van der Waals surface area (Å²) in [5, 5.41) is 0. The molecule has 1 N–H and O–H groups in total. The molecule has 0 radical (unpaired) electrons. The van der Waals surface area contributed by atoms with E-state index < -0.39 is 11.0 Å². The molecule has 0 saturated heterocycles. The Balaban J connectivity index is 3.04. The zero-order valence-corrected chi connectivity index (χ0v) is 12.7. The predicted molar refractivity (Wildman–Crippen MR) is 84.1 cm³/mol. The van der Waals surface area contributed by atoms with Crippen molar-refractivity contribution >= 4 is 11.0 Å². The lowest BCUT2D eigenvalue weighted by molar-refractivity contribution is 0.549.